The molecule has 1 aromatic heterocycles. The molecule has 0 aliphatic heterocycles. The second kappa shape index (κ2) is 9.33. The van der Waals surface area contributed by atoms with E-state index in [4.69, 9.17) is 4.74 Å². The first-order valence-corrected chi connectivity index (χ1v) is 9.80. The van der Waals surface area contributed by atoms with Crippen molar-refractivity contribution in [1.82, 2.24) is 9.78 Å². The molecule has 12 heteroatoms. The lowest BCUT2D eigenvalue weighted by Gasteiger charge is -2.13. The Balaban J connectivity index is 1.91. The van der Waals surface area contributed by atoms with E-state index < -0.39 is 28.5 Å². The number of rotatable bonds is 6. The number of nitrogens with one attached hydrogen (secondary N) is 1. The highest BCUT2D eigenvalue weighted by molar-refractivity contribution is 6.02. The molecule has 9 nitrogen and oxygen atoms in total. The third kappa shape index (κ3) is 5.05. The Morgan fingerprint density at radius 2 is 1.82 bits per heavy atom. The minimum atomic E-state index is -4.53. The summed E-state index contributed by atoms with van der Waals surface area (Å²) in [5.41, 5.74) is -0.212. The lowest BCUT2D eigenvalue weighted by Crippen LogP contribution is -2.22. The predicted molar refractivity (Wildman–Crippen MR) is 115 cm³/mol. The predicted octanol–water partition coefficient (Wildman–Crippen LogP) is 4.52. The first-order chi connectivity index (χ1) is 15.9. The minimum Gasteiger partial charge on any atom is -0.465 e. The molecule has 1 amide bonds. The Morgan fingerprint density at radius 3 is 2.41 bits per heavy atom. The van der Waals surface area contributed by atoms with E-state index in [2.05, 4.69) is 10.4 Å². The largest absolute Gasteiger partial charge is 0.465 e. The van der Waals surface area contributed by atoms with Gasteiger partial charge in [0.15, 0.2) is 0 Å². The molecule has 1 N–H and O–H groups in total. The average Bonchev–Trinajstić information content (AvgIpc) is 3.05. The van der Waals surface area contributed by atoms with Gasteiger partial charge in [0.25, 0.3) is 0 Å². The number of nitrogens with zero attached hydrogens (tertiary/aromatic N) is 3. The van der Waals surface area contributed by atoms with E-state index in [1.54, 1.807) is 0 Å². The number of halogens is 3. The number of benzene rings is 2. The van der Waals surface area contributed by atoms with Gasteiger partial charge < -0.3 is 10.1 Å². The molecule has 0 aliphatic rings. The fourth-order valence-corrected chi connectivity index (χ4v) is 3.42. The SMILES string of the molecule is COC(=O)c1cc(-c2cccc(C(F)(F)F)c2)ccc1NC(=O)Cn1nc(C)c([N+](=O)[O-])c1C. The molecule has 0 radical (unpaired) electrons. The van der Waals surface area contributed by atoms with Crippen molar-refractivity contribution in [3.63, 3.8) is 0 Å². The van der Waals surface area contributed by atoms with E-state index in [-0.39, 0.29) is 40.4 Å². The van der Waals surface area contributed by atoms with Crippen molar-refractivity contribution in [3.05, 3.63) is 75.1 Å². The summed E-state index contributed by atoms with van der Waals surface area (Å²) in [6.07, 6.45) is -4.53. The van der Waals surface area contributed by atoms with Gasteiger partial charge in [-0.1, -0.05) is 18.2 Å². The van der Waals surface area contributed by atoms with E-state index in [1.165, 1.54) is 44.2 Å². The molecule has 34 heavy (non-hydrogen) atoms. The summed E-state index contributed by atoms with van der Waals surface area (Å²) < 4.78 is 45.1. The van der Waals surface area contributed by atoms with Gasteiger partial charge in [-0.3, -0.25) is 19.6 Å². The zero-order valence-corrected chi connectivity index (χ0v) is 18.3. The molecule has 0 atom stereocenters. The van der Waals surface area contributed by atoms with Gasteiger partial charge in [-0.2, -0.15) is 18.3 Å². The van der Waals surface area contributed by atoms with Crippen molar-refractivity contribution in [2.75, 3.05) is 12.4 Å². The van der Waals surface area contributed by atoms with Gasteiger partial charge in [0.1, 0.15) is 17.9 Å². The number of amides is 1. The average molecular weight is 476 g/mol. The summed E-state index contributed by atoms with van der Waals surface area (Å²) in [6.45, 7) is 2.53. The van der Waals surface area contributed by atoms with Crippen molar-refractivity contribution in [3.8, 4) is 11.1 Å². The molecule has 0 bridgehead atoms. The van der Waals surface area contributed by atoms with Crippen LogP contribution < -0.4 is 5.32 Å². The summed E-state index contributed by atoms with van der Waals surface area (Å²) >= 11 is 0. The normalized spacial score (nSPS) is 11.2. The molecule has 3 rings (SSSR count). The van der Waals surface area contributed by atoms with Crippen LogP contribution >= 0.6 is 0 Å². The second-order valence-electron chi connectivity index (χ2n) is 7.31. The standard InChI is InChI=1S/C22H19F3N4O5/c1-12-20(29(32)33)13(2)28(27-12)11-19(30)26-18-8-7-15(10-17(18)21(31)34-3)14-5-4-6-16(9-14)22(23,24)25/h4-10H,11H2,1-3H3,(H,26,30). The van der Waals surface area contributed by atoms with Crippen LogP contribution in [-0.4, -0.2) is 33.7 Å². The molecule has 3 aromatic rings. The summed E-state index contributed by atoms with van der Waals surface area (Å²) in [5, 5.41) is 17.7. The summed E-state index contributed by atoms with van der Waals surface area (Å²) in [7, 11) is 1.12. The number of ether oxygens (including phenoxy) is 1. The molecule has 0 saturated carbocycles. The van der Waals surface area contributed by atoms with E-state index >= 15 is 0 Å². The van der Waals surface area contributed by atoms with Crippen LogP contribution in [0.4, 0.5) is 24.5 Å². The quantitative estimate of drug-likeness (QED) is 0.318. The molecule has 0 spiro atoms. The van der Waals surface area contributed by atoms with Crippen LogP contribution in [0.3, 0.4) is 0 Å². The van der Waals surface area contributed by atoms with Crippen LogP contribution in [0.5, 0.6) is 0 Å². The molecular formula is C22H19F3N4O5. The Kier molecular flexibility index (Phi) is 6.70. The number of esters is 1. The lowest BCUT2D eigenvalue weighted by atomic mass is 9.99. The van der Waals surface area contributed by atoms with Crippen LogP contribution in [0.1, 0.15) is 27.3 Å². The van der Waals surface area contributed by atoms with Crippen LogP contribution in [0.15, 0.2) is 42.5 Å². The van der Waals surface area contributed by atoms with Crippen LogP contribution in [0.2, 0.25) is 0 Å². The number of methoxy groups -OCH3 is 1. The van der Waals surface area contributed by atoms with Gasteiger partial charge in [0.05, 0.1) is 28.8 Å². The number of aryl methyl sites for hydroxylation is 1. The monoisotopic (exact) mass is 476 g/mol. The number of carbonyl (C=O) groups is 2. The van der Waals surface area contributed by atoms with Crippen LogP contribution in [-0.2, 0) is 22.3 Å². The van der Waals surface area contributed by atoms with Crippen molar-refractivity contribution in [1.29, 1.82) is 0 Å². The molecule has 0 saturated heterocycles. The third-order valence-corrected chi connectivity index (χ3v) is 5.04. The van der Waals surface area contributed by atoms with Gasteiger partial charge in [-0.05, 0) is 49.2 Å². The first-order valence-electron chi connectivity index (χ1n) is 9.80. The fourth-order valence-electron chi connectivity index (χ4n) is 3.42. The topological polar surface area (TPSA) is 116 Å². The number of aromatic nitrogens is 2. The molecular weight excluding hydrogens is 457 g/mol. The first kappa shape index (κ1) is 24.4. The number of carbonyl (C=O) groups excluding carboxylic acids is 2. The maximum absolute atomic E-state index is 13.1. The Bertz CT molecular complexity index is 1280. The zero-order chi connectivity index (χ0) is 25.2. The zero-order valence-electron chi connectivity index (χ0n) is 18.3. The van der Waals surface area contributed by atoms with Crippen molar-refractivity contribution in [2.45, 2.75) is 26.6 Å². The molecule has 0 aliphatic carbocycles. The minimum absolute atomic E-state index is 0.0589. The number of alkyl halides is 3. The molecule has 0 fully saturated rings. The number of nitro groups is 1. The summed E-state index contributed by atoms with van der Waals surface area (Å²) in [4.78, 5) is 35.5. The van der Waals surface area contributed by atoms with Gasteiger partial charge in [-0.25, -0.2) is 4.79 Å². The second-order valence-corrected chi connectivity index (χ2v) is 7.31. The Morgan fingerprint density at radius 1 is 1.15 bits per heavy atom. The highest BCUT2D eigenvalue weighted by Gasteiger charge is 2.30. The maximum Gasteiger partial charge on any atom is 0.416 e. The van der Waals surface area contributed by atoms with Gasteiger partial charge in [0.2, 0.25) is 5.91 Å². The lowest BCUT2D eigenvalue weighted by molar-refractivity contribution is -0.386. The molecule has 0 unspecified atom stereocenters. The summed E-state index contributed by atoms with van der Waals surface area (Å²) in [5.74, 6) is -1.44. The van der Waals surface area contributed by atoms with E-state index in [9.17, 15) is 32.9 Å². The molecule has 1 heterocycles. The fraction of sp³-hybridized carbons (Fsp3) is 0.227. The Labute approximate surface area is 191 Å². The van der Waals surface area contributed by atoms with E-state index in [1.807, 2.05) is 0 Å². The van der Waals surface area contributed by atoms with Crippen LogP contribution in [0, 0.1) is 24.0 Å². The highest BCUT2D eigenvalue weighted by atomic mass is 19.4. The number of anilines is 1. The molecule has 2 aromatic carbocycles. The van der Waals surface area contributed by atoms with Crippen molar-refractivity contribution in [2.24, 2.45) is 0 Å². The van der Waals surface area contributed by atoms with Crippen molar-refractivity contribution >= 4 is 23.3 Å². The maximum atomic E-state index is 13.1. The van der Waals surface area contributed by atoms with Crippen LogP contribution in [0.25, 0.3) is 11.1 Å². The number of hydrogen-bond acceptors (Lipinski definition) is 6. The third-order valence-electron chi connectivity index (χ3n) is 5.04. The Hall–Kier alpha value is -4.22. The summed E-state index contributed by atoms with van der Waals surface area (Å²) in [6, 6.07) is 8.71. The molecule has 178 valence electrons. The highest BCUT2D eigenvalue weighted by Crippen LogP contribution is 2.33. The number of hydrogen-bond donors (Lipinski definition) is 1. The van der Waals surface area contributed by atoms with Gasteiger partial charge >= 0.3 is 17.8 Å². The van der Waals surface area contributed by atoms with Crippen molar-refractivity contribution < 1.29 is 32.4 Å². The van der Waals surface area contributed by atoms with E-state index in [0.717, 1.165) is 23.9 Å². The van der Waals surface area contributed by atoms with Gasteiger partial charge in [0, 0.05) is 0 Å². The van der Waals surface area contributed by atoms with Gasteiger partial charge in [-0.15, -0.1) is 0 Å². The van der Waals surface area contributed by atoms with E-state index in [0.29, 0.717) is 5.56 Å². The smallest absolute Gasteiger partial charge is 0.416 e.